The Kier molecular flexibility index (Phi) is 8.51. The minimum atomic E-state index is -4.71. The average Bonchev–Trinajstić information content (AvgIpc) is 2.66. The Bertz CT molecular complexity index is 778. The highest BCUT2D eigenvalue weighted by Gasteiger charge is 2.31. The molecule has 0 bridgehead atoms. The predicted molar refractivity (Wildman–Crippen MR) is 105 cm³/mol. The topological polar surface area (TPSA) is 38.8 Å². The van der Waals surface area contributed by atoms with E-state index in [1.54, 1.807) is 6.07 Å². The van der Waals surface area contributed by atoms with Crippen LogP contribution in [-0.4, -0.2) is 44.8 Å². The van der Waals surface area contributed by atoms with E-state index in [0.717, 1.165) is 24.0 Å². The quantitative estimate of drug-likeness (QED) is 0.512. The van der Waals surface area contributed by atoms with E-state index in [2.05, 4.69) is 4.74 Å². The van der Waals surface area contributed by atoms with Crippen LogP contribution in [0, 0.1) is 5.92 Å². The fraction of sp³-hybridized carbons (Fsp3) is 0.409. The highest BCUT2D eigenvalue weighted by molar-refractivity contribution is 5.53. The molecule has 29 heavy (non-hydrogen) atoms. The number of carbonyl (C=O) groups is 1. The maximum absolute atomic E-state index is 12.4. The maximum Gasteiger partial charge on any atom is 0.573 e. The SMILES string of the molecule is CN(C)CCC(C=O)COc1ccccc1CCc1cccc(OC(F)(F)F)c1. The smallest absolute Gasteiger partial charge is 0.493 e. The van der Waals surface area contributed by atoms with Gasteiger partial charge in [-0.15, -0.1) is 13.2 Å². The lowest BCUT2D eigenvalue weighted by molar-refractivity contribution is -0.274. The molecule has 0 radical (unpaired) electrons. The molecule has 0 saturated heterocycles. The fourth-order valence-electron chi connectivity index (χ4n) is 2.84. The van der Waals surface area contributed by atoms with Gasteiger partial charge < -0.3 is 19.2 Å². The van der Waals surface area contributed by atoms with Crippen LogP contribution >= 0.6 is 0 Å². The first-order chi connectivity index (χ1) is 13.8. The average molecular weight is 409 g/mol. The van der Waals surface area contributed by atoms with Gasteiger partial charge in [0.1, 0.15) is 17.8 Å². The summed E-state index contributed by atoms with van der Waals surface area (Å²) >= 11 is 0. The molecule has 0 aliphatic carbocycles. The summed E-state index contributed by atoms with van der Waals surface area (Å²) in [5.74, 6) is 0.266. The summed E-state index contributed by atoms with van der Waals surface area (Å²) in [7, 11) is 3.90. The Morgan fingerprint density at radius 3 is 2.52 bits per heavy atom. The number of carbonyl (C=O) groups excluding carboxylic acids is 1. The summed E-state index contributed by atoms with van der Waals surface area (Å²) in [6, 6.07) is 13.5. The number of halogens is 3. The van der Waals surface area contributed by atoms with Crippen molar-refractivity contribution in [2.75, 3.05) is 27.2 Å². The van der Waals surface area contributed by atoms with Crippen molar-refractivity contribution in [3.8, 4) is 11.5 Å². The van der Waals surface area contributed by atoms with Crippen molar-refractivity contribution in [2.45, 2.75) is 25.6 Å². The first kappa shape index (κ1) is 22.7. The molecule has 1 unspecified atom stereocenters. The predicted octanol–water partition coefficient (Wildman–Crippen LogP) is 4.52. The molecule has 2 rings (SSSR count). The Hall–Kier alpha value is -2.54. The minimum Gasteiger partial charge on any atom is -0.493 e. The summed E-state index contributed by atoms with van der Waals surface area (Å²) in [6.07, 6.45) is -1.95. The highest BCUT2D eigenvalue weighted by Crippen LogP contribution is 2.25. The first-order valence-electron chi connectivity index (χ1n) is 9.42. The van der Waals surface area contributed by atoms with Crippen LogP contribution in [0.2, 0.25) is 0 Å². The van der Waals surface area contributed by atoms with Crippen LogP contribution in [0.5, 0.6) is 11.5 Å². The third-order valence-electron chi connectivity index (χ3n) is 4.38. The summed E-state index contributed by atoms with van der Waals surface area (Å²) in [5, 5.41) is 0. The molecule has 0 saturated carbocycles. The van der Waals surface area contributed by atoms with Gasteiger partial charge in [-0.25, -0.2) is 0 Å². The molecule has 0 aliphatic heterocycles. The number of benzene rings is 2. The van der Waals surface area contributed by atoms with Gasteiger partial charge in [-0.05, 0) is 69.2 Å². The number of nitrogens with zero attached hydrogens (tertiary/aromatic N) is 1. The number of aryl methyl sites for hydroxylation is 2. The number of aldehydes is 1. The number of para-hydroxylation sites is 1. The third kappa shape index (κ3) is 8.56. The number of rotatable bonds is 11. The molecule has 2 aromatic rings. The minimum absolute atomic E-state index is 0.193. The second-order valence-electron chi connectivity index (χ2n) is 7.10. The van der Waals surface area contributed by atoms with Gasteiger partial charge in [0, 0.05) is 5.92 Å². The van der Waals surface area contributed by atoms with Crippen LogP contribution in [0.3, 0.4) is 0 Å². The molecule has 0 fully saturated rings. The van der Waals surface area contributed by atoms with Crippen LogP contribution in [0.15, 0.2) is 48.5 Å². The Morgan fingerprint density at radius 2 is 1.83 bits per heavy atom. The van der Waals surface area contributed by atoms with Gasteiger partial charge in [-0.2, -0.15) is 0 Å². The van der Waals surface area contributed by atoms with Crippen molar-refractivity contribution in [1.82, 2.24) is 4.90 Å². The van der Waals surface area contributed by atoms with Gasteiger partial charge in [0.25, 0.3) is 0 Å². The van der Waals surface area contributed by atoms with Crippen LogP contribution < -0.4 is 9.47 Å². The van der Waals surface area contributed by atoms with E-state index in [9.17, 15) is 18.0 Å². The van der Waals surface area contributed by atoms with Crippen molar-refractivity contribution >= 4 is 6.29 Å². The van der Waals surface area contributed by atoms with Gasteiger partial charge in [0.05, 0.1) is 6.61 Å². The first-order valence-corrected chi connectivity index (χ1v) is 9.42. The van der Waals surface area contributed by atoms with Crippen LogP contribution in [0.4, 0.5) is 13.2 Å². The molecule has 158 valence electrons. The lowest BCUT2D eigenvalue weighted by Gasteiger charge is -2.17. The van der Waals surface area contributed by atoms with Gasteiger partial charge in [0.2, 0.25) is 0 Å². The van der Waals surface area contributed by atoms with Crippen LogP contribution in [0.1, 0.15) is 17.5 Å². The third-order valence-corrected chi connectivity index (χ3v) is 4.38. The number of hydrogen-bond acceptors (Lipinski definition) is 4. The molecule has 0 spiro atoms. The molecule has 2 aromatic carbocycles. The van der Waals surface area contributed by atoms with Crippen molar-refractivity contribution < 1.29 is 27.4 Å². The second kappa shape index (κ2) is 10.9. The van der Waals surface area contributed by atoms with E-state index in [1.165, 1.54) is 18.2 Å². The number of hydrogen-bond donors (Lipinski definition) is 0. The number of alkyl halides is 3. The standard InChI is InChI=1S/C22H26F3NO3/c1-26(2)13-12-18(15-27)16-28-21-9-4-3-7-19(21)11-10-17-6-5-8-20(14-17)29-22(23,24)25/h3-9,14-15,18H,10-13,16H2,1-2H3. The largest absolute Gasteiger partial charge is 0.573 e. The summed E-state index contributed by atoms with van der Waals surface area (Å²) in [5.41, 5.74) is 1.67. The van der Waals surface area contributed by atoms with Crippen molar-refractivity contribution in [3.63, 3.8) is 0 Å². The lowest BCUT2D eigenvalue weighted by atomic mass is 10.0. The Balaban J connectivity index is 1.97. The van der Waals surface area contributed by atoms with Gasteiger partial charge in [-0.3, -0.25) is 0 Å². The summed E-state index contributed by atoms with van der Waals surface area (Å²) < 4.78 is 47.0. The molecule has 4 nitrogen and oxygen atoms in total. The van der Waals surface area contributed by atoms with E-state index in [4.69, 9.17) is 4.74 Å². The van der Waals surface area contributed by atoms with E-state index in [-0.39, 0.29) is 11.7 Å². The fourth-order valence-corrected chi connectivity index (χ4v) is 2.84. The van der Waals surface area contributed by atoms with Crippen molar-refractivity contribution in [2.24, 2.45) is 5.92 Å². The molecular weight excluding hydrogens is 383 g/mol. The molecule has 0 aromatic heterocycles. The van der Waals surface area contributed by atoms with Gasteiger partial charge in [-0.1, -0.05) is 30.3 Å². The summed E-state index contributed by atoms with van der Waals surface area (Å²) in [4.78, 5) is 13.3. The Morgan fingerprint density at radius 1 is 1.07 bits per heavy atom. The molecule has 0 N–H and O–H groups in total. The Labute approximate surface area is 169 Å². The summed E-state index contributed by atoms with van der Waals surface area (Å²) in [6.45, 7) is 1.09. The number of ether oxygens (including phenoxy) is 2. The van der Waals surface area contributed by atoms with Crippen LogP contribution in [0.25, 0.3) is 0 Å². The van der Waals surface area contributed by atoms with Crippen molar-refractivity contribution in [3.05, 3.63) is 59.7 Å². The molecule has 0 amide bonds. The van der Waals surface area contributed by atoms with Crippen molar-refractivity contribution in [1.29, 1.82) is 0 Å². The maximum atomic E-state index is 12.4. The van der Waals surface area contributed by atoms with E-state index in [1.807, 2.05) is 43.3 Å². The van der Waals surface area contributed by atoms with Crippen LogP contribution in [-0.2, 0) is 17.6 Å². The highest BCUT2D eigenvalue weighted by atomic mass is 19.4. The van der Waals surface area contributed by atoms with Gasteiger partial charge >= 0.3 is 6.36 Å². The zero-order chi connectivity index (χ0) is 21.3. The zero-order valence-electron chi connectivity index (χ0n) is 16.6. The molecular formula is C22H26F3NO3. The van der Waals surface area contributed by atoms with Gasteiger partial charge in [0.15, 0.2) is 0 Å². The zero-order valence-corrected chi connectivity index (χ0v) is 16.6. The van der Waals surface area contributed by atoms with E-state index >= 15 is 0 Å². The molecule has 7 heteroatoms. The monoisotopic (exact) mass is 409 g/mol. The molecule has 1 atom stereocenters. The molecule has 0 heterocycles. The van der Waals surface area contributed by atoms with E-state index in [0.29, 0.717) is 31.6 Å². The molecule has 0 aliphatic rings. The normalized spacial score (nSPS) is 12.6. The lowest BCUT2D eigenvalue weighted by Crippen LogP contribution is -2.21. The second-order valence-corrected chi connectivity index (χ2v) is 7.10. The van der Waals surface area contributed by atoms with E-state index < -0.39 is 6.36 Å².